The zero-order chi connectivity index (χ0) is 14.2. The Kier molecular flexibility index (Phi) is 3.57. The van der Waals surface area contributed by atoms with Crippen LogP contribution in [0.1, 0.15) is 22.8 Å². The normalized spacial score (nSPS) is 12.5. The molecule has 0 fully saturated rings. The first-order chi connectivity index (χ1) is 8.90. The molecule has 0 aliphatic rings. The highest BCUT2D eigenvalue weighted by atomic mass is 19.2. The number of aliphatic hydroxyl groups excluding tert-OH is 1. The number of hydrogen-bond donors (Lipinski definition) is 1. The lowest BCUT2D eigenvalue weighted by Crippen LogP contribution is -2.05. The molecule has 0 aliphatic heterocycles. The minimum Gasteiger partial charge on any atom is -0.384 e. The van der Waals surface area contributed by atoms with Gasteiger partial charge in [0.25, 0.3) is 0 Å². The molecule has 2 aromatic carbocycles. The highest BCUT2D eigenvalue weighted by Crippen LogP contribution is 2.27. The summed E-state index contributed by atoms with van der Waals surface area (Å²) in [5, 5.41) is 9.91. The lowest BCUT2D eigenvalue weighted by molar-refractivity contribution is 0.213. The molecular formula is C14H10F4O. The maximum absolute atomic E-state index is 13.5. The zero-order valence-corrected chi connectivity index (χ0v) is 9.92. The van der Waals surface area contributed by atoms with Crippen LogP contribution >= 0.6 is 0 Å². The van der Waals surface area contributed by atoms with Gasteiger partial charge < -0.3 is 5.11 Å². The zero-order valence-electron chi connectivity index (χ0n) is 9.92. The highest BCUT2D eigenvalue weighted by molar-refractivity contribution is 5.33. The third kappa shape index (κ3) is 2.61. The molecule has 0 saturated heterocycles. The van der Waals surface area contributed by atoms with E-state index >= 15 is 0 Å². The fourth-order valence-electron chi connectivity index (χ4n) is 1.71. The topological polar surface area (TPSA) is 20.2 Å². The molecule has 1 nitrogen and oxygen atoms in total. The van der Waals surface area contributed by atoms with Gasteiger partial charge in [-0.2, -0.15) is 0 Å². The average Bonchev–Trinajstić information content (AvgIpc) is 2.36. The van der Waals surface area contributed by atoms with Crippen LogP contribution in [0.25, 0.3) is 0 Å². The number of aryl methyl sites for hydroxylation is 1. The lowest BCUT2D eigenvalue weighted by Gasteiger charge is -2.13. The second-order valence-electron chi connectivity index (χ2n) is 4.20. The molecule has 5 heteroatoms. The summed E-state index contributed by atoms with van der Waals surface area (Å²) in [6.07, 6.45) is -1.56. The van der Waals surface area contributed by atoms with Crippen molar-refractivity contribution in [3.05, 3.63) is 70.3 Å². The average molecular weight is 270 g/mol. The summed E-state index contributed by atoms with van der Waals surface area (Å²) in [5.74, 6) is -4.28. The maximum Gasteiger partial charge on any atom is 0.161 e. The molecule has 0 bridgehead atoms. The highest BCUT2D eigenvalue weighted by Gasteiger charge is 2.19. The molecule has 2 rings (SSSR count). The van der Waals surface area contributed by atoms with Crippen molar-refractivity contribution in [2.45, 2.75) is 13.0 Å². The molecule has 1 unspecified atom stereocenters. The van der Waals surface area contributed by atoms with Crippen LogP contribution < -0.4 is 0 Å². The molecule has 0 aliphatic carbocycles. The van der Waals surface area contributed by atoms with Gasteiger partial charge in [0.15, 0.2) is 11.6 Å². The molecule has 0 radical (unpaired) electrons. The van der Waals surface area contributed by atoms with E-state index < -0.39 is 34.9 Å². The number of aliphatic hydroxyl groups is 1. The van der Waals surface area contributed by atoms with Crippen LogP contribution in [0.3, 0.4) is 0 Å². The van der Waals surface area contributed by atoms with Crippen LogP contribution in [0.15, 0.2) is 30.3 Å². The summed E-state index contributed by atoms with van der Waals surface area (Å²) in [5.41, 5.74) is -0.0168. The first-order valence-corrected chi connectivity index (χ1v) is 5.48. The van der Waals surface area contributed by atoms with Crippen molar-refractivity contribution in [1.29, 1.82) is 0 Å². The van der Waals surface area contributed by atoms with Crippen molar-refractivity contribution in [2.24, 2.45) is 0 Å². The van der Waals surface area contributed by atoms with Crippen LogP contribution in [0.4, 0.5) is 17.6 Å². The molecule has 0 spiro atoms. The van der Waals surface area contributed by atoms with Crippen LogP contribution in [0, 0.1) is 30.2 Å². The first-order valence-electron chi connectivity index (χ1n) is 5.48. The Morgan fingerprint density at radius 3 is 2.11 bits per heavy atom. The van der Waals surface area contributed by atoms with Crippen molar-refractivity contribution in [2.75, 3.05) is 0 Å². The molecule has 1 N–H and O–H groups in total. The van der Waals surface area contributed by atoms with Gasteiger partial charge >= 0.3 is 0 Å². The van der Waals surface area contributed by atoms with Gasteiger partial charge in [0.2, 0.25) is 0 Å². The van der Waals surface area contributed by atoms with Crippen molar-refractivity contribution in [3.8, 4) is 0 Å². The van der Waals surface area contributed by atoms with E-state index in [1.54, 1.807) is 0 Å². The summed E-state index contributed by atoms with van der Waals surface area (Å²) in [6, 6.07) is 4.74. The molecule has 0 saturated carbocycles. The second-order valence-corrected chi connectivity index (χ2v) is 4.20. The summed E-state index contributed by atoms with van der Waals surface area (Å²) >= 11 is 0. The lowest BCUT2D eigenvalue weighted by atomic mass is 9.99. The molecule has 2 aromatic rings. The van der Waals surface area contributed by atoms with Gasteiger partial charge in [0, 0.05) is 11.6 Å². The predicted molar refractivity (Wildman–Crippen MR) is 61.5 cm³/mol. The maximum atomic E-state index is 13.5. The van der Waals surface area contributed by atoms with E-state index in [-0.39, 0.29) is 5.56 Å². The molecule has 0 aromatic heterocycles. The molecule has 19 heavy (non-hydrogen) atoms. The standard InChI is InChI=1S/C14H10F4O/c1-7-2-3-8(4-10(7)15)14(19)9-5-12(17)13(18)6-11(9)16/h2-6,14,19H,1H3. The van der Waals surface area contributed by atoms with Crippen molar-refractivity contribution >= 4 is 0 Å². The van der Waals surface area contributed by atoms with E-state index in [1.807, 2.05) is 0 Å². The van der Waals surface area contributed by atoms with E-state index in [1.165, 1.54) is 19.1 Å². The second kappa shape index (κ2) is 5.01. The summed E-state index contributed by atoms with van der Waals surface area (Å²) in [4.78, 5) is 0. The SMILES string of the molecule is Cc1ccc(C(O)c2cc(F)c(F)cc2F)cc1F. The van der Waals surface area contributed by atoms with Gasteiger partial charge in [0.1, 0.15) is 17.7 Å². The first kappa shape index (κ1) is 13.5. The summed E-state index contributed by atoms with van der Waals surface area (Å²) < 4.78 is 52.7. The molecule has 0 amide bonds. The monoisotopic (exact) mass is 270 g/mol. The van der Waals surface area contributed by atoms with Crippen LogP contribution in [-0.2, 0) is 0 Å². The molecular weight excluding hydrogens is 260 g/mol. The van der Waals surface area contributed by atoms with Gasteiger partial charge in [-0.25, -0.2) is 17.6 Å². The largest absolute Gasteiger partial charge is 0.384 e. The summed E-state index contributed by atoms with van der Waals surface area (Å²) in [6.45, 7) is 1.53. The third-order valence-electron chi connectivity index (χ3n) is 2.85. The quantitative estimate of drug-likeness (QED) is 0.652. The number of benzene rings is 2. The van der Waals surface area contributed by atoms with Crippen LogP contribution in [0.5, 0.6) is 0 Å². The Morgan fingerprint density at radius 2 is 1.47 bits per heavy atom. The van der Waals surface area contributed by atoms with Crippen LogP contribution in [0.2, 0.25) is 0 Å². The van der Waals surface area contributed by atoms with E-state index in [2.05, 4.69) is 0 Å². The Bertz CT molecular complexity index is 625. The molecule has 0 heterocycles. The van der Waals surface area contributed by atoms with Gasteiger partial charge in [-0.1, -0.05) is 12.1 Å². The van der Waals surface area contributed by atoms with E-state index in [0.717, 1.165) is 6.07 Å². The van der Waals surface area contributed by atoms with Gasteiger partial charge in [0.05, 0.1) is 0 Å². The van der Waals surface area contributed by atoms with Crippen LogP contribution in [-0.4, -0.2) is 5.11 Å². The van der Waals surface area contributed by atoms with Crippen molar-refractivity contribution in [1.82, 2.24) is 0 Å². The van der Waals surface area contributed by atoms with Gasteiger partial charge in [-0.05, 0) is 30.2 Å². The Hall–Kier alpha value is -1.88. The van der Waals surface area contributed by atoms with Gasteiger partial charge in [-0.15, -0.1) is 0 Å². The fraction of sp³-hybridized carbons (Fsp3) is 0.143. The minimum atomic E-state index is -1.56. The Labute approximate surface area is 107 Å². The predicted octanol–water partition coefficient (Wildman–Crippen LogP) is 3.63. The Morgan fingerprint density at radius 1 is 0.842 bits per heavy atom. The Balaban J connectivity index is 2.46. The van der Waals surface area contributed by atoms with Gasteiger partial charge in [-0.3, -0.25) is 0 Å². The molecule has 1 atom stereocenters. The number of rotatable bonds is 2. The van der Waals surface area contributed by atoms with Crippen molar-refractivity contribution < 1.29 is 22.7 Å². The molecule has 100 valence electrons. The smallest absolute Gasteiger partial charge is 0.161 e. The third-order valence-corrected chi connectivity index (χ3v) is 2.85. The minimum absolute atomic E-state index is 0.0630. The fourth-order valence-corrected chi connectivity index (χ4v) is 1.71. The van der Waals surface area contributed by atoms with E-state index in [0.29, 0.717) is 17.7 Å². The van der Waals surface area contributed by atoms with Crippen molar-refractivity contribution in [3.63, 3.8) is 0 Å². The van der Waals surface area contributed by atoms with E-state index in [9.17, 15) is 22.7 Å². The van der Waals surface area contributed by atoms with E-state index in [4.69, 9.17) is 0 Å². The summed E-state index contributed by atoms with van der Waals surface area (Å²) in [7, 11) is 0. The number of halogens is 4. The number of hydrogen-bond acceptors (Lipinski definition) is 1.